The van der Waals surface area contributed by atoms with Gasteiger partial charge in [0.25, 0.3) is 5.91 Å². The number of nitrogens with zero attached hydrogens (tertiary/aromatic N) is 1. The fourth-order valence-corrected chi connectivity index (χ4v) is 2.48. The first-order valence-electron chi connectivity index (χ1n) is 7.67. The Balaban J connectivity index is 1.92. The number of rotatable bonds is 6. The van der Waals surface area contributed by atoms with Crippen molar-refractivity contribution >= 4 is 12.1 Å². The molecule has 5 heteroatoms. The number of carbonyl (C=O) groups is 1. The molecule has 1 N–H and O–H groups in total. The van der Waals surface area contributed by atoms with E-state index < -0.39 is 0 Å². The van der Waals surface area contributed by atoms with Gasteiger partial charge in [0.2, 0.25) is 0 Å². The van der Waals surface area contributed by atoms with E-state index in [1.807, 2.05) is 26.0 Å². The highest BCUT2D eigenvalue weighted by Gasteiger charge is 2.06. The number of para-hydroxylation sites is 2. The van der Waals surface area contributed by atoms with Gasteiger partial charge in [-0.05, 0) is 44.0 Å². The first-order valence-corrected chi connectivity index (χ1v) is 7.67. The van der Waals surface area contributed by atoms with Crippen LogP contribution in [-0.4, -0.2) is 25.8 Å². The standard InChI is InChI=1S/C19H22N2O3/c1-13-9-14(2)16(15(3)10-13)11-20-21-19(22)12-24-18-8-6-5-7-17(18)23-4/h5-11H,12H2,1-4H3,(H,21,22)/b20-11+. The van der Waals surface area contributed by atoms with E-state index in [-0.39, 0.29) is 12.5 Å². The molecule has 0 unspecified atom stereocenters. The van der Waals surface area contributed by atoms with Crippen LogP contribution in [0.4, 0.5) is 0 Å². The van der Waals surface area contributed by atoms with Crippen LogP contribution in [0.15, 0.2) is 41.5 Å². The molecule has 0 saturated carbocycles. The largest absolute Gasteiger partial charge is 0.493 e. The van der Waals surface area contributed by atoms with Gasteiger partial charge in [-0.25, -0.2) is 5.43 Å². The molecule has 0 heterocycles. The van der Waals surface area contributed by atoms with Gasteiger partial charge in [0.15, 0.2) is 18.1 Å². The molecule has 0 fully saturated rings. The molecular formula is C19H22N2O3. The van der Waals surface area contributed by atoms with Crippen LogP contribution < -0.4 is 14.9 Å². The van der Waals surface area contributed by atoms with E-state index in [9.17, 15) is 4.79 Å². The highest BCUT2D eigenvalue weighted by molar-refractivity contribution is 5.85. The molecule has 2 aromatic carbocycles. The molecule has 2 aromatic rings. The van der Waals surface area contributed by atoms with Crippen LogP contribution in [0.5, 0.6) is 11.5 Å². The maximum absolute atomic E-state index is 11.8. The minimum absolute atomic E-state index is 0.135. The predicted molar refractivity (Wildman–Crippen MR) is 94.9 cm³/mol. The Kier molecular flexibility index (Phi) is 5.95. The summed E-state index contributed by atoms with van der Waals surface area (Å²) in [6, 6.07) is 11.3. The van der Waals surface area contributed by atoms with Gasteiger partial charge in [0.05, 0.1) is 13.3 Å². The molecule has 5 nitrogen and oxygen atoms in total. The Morgan fingerprint density at radius 3 is 2.38 bits per heavy atom. The van der Waals surface area contributed by atoms with Crippen molar-refractivity contribution in [1.82, 2.24) is 5.43 Å². The Morgan fingerprint density at radius 1 is 1.12 bits per heavy atom. The van der Waals surface area contributed by atoms with E-state index in [2.05, 4.69) is 29.6 Å². The minimum atomic E-state index is -0.334. The van der Waals surface area contributed by atoms with Crippen LogP contribution in [0, 0.1) is 20.8 Å². The summed E-state index contributed by atoms with van der Waals surface area (Å²) in [7, 11) is 1.55. The van der Waals surface area contributed by atoms with Gasteiger partial charge >= 0.3 is 0 Å². The van der Waals surface area contributed by atoms with Crippen molar-refractivity contribution in [2.24, 2.45) is 5.10 Å². The lowest BCUT2D eigenvalue weighted by Crippen LogP contribution is -2.24. The normalized spacial score (nSPS) is 10.7. The lowest BCUT2D eigenvalue weighted by atomic mass is 10.0. The molecule has 0 bridgehead atoms. The molecule has 0 saturated heterocycles. The van der Waals surface area contributed by atoms with E-state index >= 15 is 0 Å². The zero-order valence-corrected chi connectivity index (χ0v) is 14.4. The van der Waals surface area contributed by atoms with Crippen LogP contribution in [0.2, 0.25) is 0 Å². The lowest BCUT2D eigenvalue weighted by Gasteiger charge is -2.09. The summed E-state index contributed by atoms with van der Waals surface area (Å²) in [4.78, 5) is 11.8. The van der Waals surface area contributed by atoms with Crippen LogP contribution >= 0.6 is 0 Å². The molecule has 0 aliphatic heterocycles. The summed E-state index contributed by atoms with van der Waals surface area (Å²) >= 11 is 0. The van der Waals surface area contributed by atoms with E-state index in [1.54, 1.807) is 25.5 Å². The molecule has 0 spiro atoms. The summed E-state index contributed by atoms with van der Waals surface area (Å²) in [6.45, 7) is 5.96. The number of carbonyl (C=O) groups excluding carboxylic acids is 1. The zero-order valence-electron chi connectivity index (χ0n) is 14.4. The van der Waals surface area contributed by atoms with Crippen LogP contribution in [0.3, 0.4) is 0 Å². The highest BCUT2D eigenvalue weighted by atomic mass is 16.5. The molecule has 0 radical (unpaired) electrons. The van der Waals surface area contributed by atoms with Gasteiger partial charge in [-0.2, -0.15) is 5.10 Å². The van der Waals surface area contributed by atoms with Crippen molar-refractivity contribution in [2.45, 2.75) is 20.8 Å². The smallest absolute Gasteiger partial charge is 0.277 e. The first kappa shape index (κ1) is 17.5. The van der Waals surface area contributed by atoms with Crippen molar-refractivity contribution in [2.75, 3.05) is 13.7 Å². The fraction of sp³-hybridized carbons (Fsp3) is 0.263. The molecule has 1 amide bonds. The van der Waals surface area contributed by atoms with Crippen molar-refractivity contribution in [3.05, 3.63) is 58.7 Å². The molecule has 126 valence electrons. The van der Waals surface area contributed by atoms with Crippen LogP contribution in [0.25, 0.3) is 0 Å². The number of hydrazone groups is 1. The third-order valence-electron chi connectivity index (χ3n) is 3.55. The lowest BCUT2D eigenvalue weighted by molar-refractivity contribution is -0.123. The van der Waals surface area contributed by atoms with Gasteiger partial charge in [-0.3, -0.25) is 4.79 Å². The van der Waals surface area contributed by atoms with E-state index in [4.69, 9.17) is 9.47 Å². The second kappa shape index (κ2) is 8.15. The quantitative estimate of drug-likeness (QED) is 0.655. The van der Waals surface area contributed by atoms with Crippen LogP contribution in [-0.2, 0) is 4.79 Å². The summed E-state index contributed by atoms with van der Waals surface area (Å²) in [5, 5.41) is 4.01. The Morgan fingerprint density at radius 2 is 1.75 bits per heavy atom. The zero-order chi connectivity index (χ0) is 17.5. The Labute approximate surface area is 142 Å². The number of ether oxygens (including phenoxy) is 2. The van der Waals surface area contributed by atoms with E-state index in [0.717, 1.165) is 16.7 Å². The Hall–Kier alpha value is -2.82. The number of hydrogen-bond donors (Lipinski definition) is 1. The second-order valence-corrected chi connectivity index (χ2v) is 5.55. The summed E-state index contributed by atoms with van der Waals surface area (Å²) in [5.74, 6) is 0.767. The molecule has 0 atom stereocenters. The van der Waals surface area contributed by atoms with Gasteiger partial charge < -0.3 is 9.47 Å². The van der Waals surface area contributed by atoms with E-state index in [0.29, 0.717) is 11.5 Å². The first-order chi connectivity index (χ1) is 11.5. The maximum Gasteiger partial charge on any atom is 0.277 e. The SMILES string of the molecule is COc1ccccc1OCC(=O)N/N=C/c1c(C)cc(C)cc1C. The average molecular weight is 326 g/mol. The van der Waals surface area contributed by atoms with Gasteiger partial charge in [-0.15, -0.1) is 0 Å². The van der Waals surface area contributed by atoms with Crippen molar-refractivity contribution < 1.29 is 14.3 Å². The summed E-state index contributed by atoms with van der Waals surface area (Å²) in [6.07, 6.45) is 1.66. The molecule has 0 aromatic heterocycles. The van der Waals surface area contributed by atoms with Crippen LogP contribution in [0.1, 0.15) is 22.3 Å². The molecule has 2 rings (SSSR count). The predicted octanol–water partition coefficient (Wildman–Crippen LogP) is 3.15. The Bertz CT molecular complexity index is 731. The van der Waals surface area contributed by atoms with Crippen molar-refractivity contribution in [3.63, 3.8) is 0 Å². The minimum Gasteiger partial charge on any atom is -0.493 e. The van der Waals surface area contributed by atoms with Gasteiger partial charge in [0, 0.05) is 5.56 Å². The third-order valence-corrected chi connectivity index (χ3v) is 3.55. The number of benzene rings is 2. The van der Waals surface area contributed by atoms with Gasteiger partial charge in [0.1, 0.15) is 0 Å². The maximum atomic E-state index is 11.8. The topological polar surface area (TPSA) is 59.9 Å². The number of hydrogen-bond acceptors (Lipinski definition) is 4. The van der Waals surface area contributed by atoms with Gasteiger partial charge in [-0.1, -0.05) is 29.8 Å². The highest BCUT2D eigenvalue weighted by Crippen LogP contribution is 2.25. The molecule has 0 aliphatic carbocycles. The van der Waals surface area contributed by atoms with E-state index in [1.165, 1.54) is 5.56 Å². The number of amides is 1. The van der Waals surface area contributed by atoms with Crippen molar-refractivity contribution in [3.8, 4) is 11.5 Å². The van der Waals surface area contributed by atoms with Crippen molar-refractivity contribution in [1.29, 1.82) is 0 Å². The summed E-state index contributed by atoms with van der Waals surface area (Å²) < 4.78 is 10.6. The summed E-state index contributed by atoms with van der Waals surface area (Å²) in [5.41, 5.74) is 6.93. The second-order valence-electron chi connectivity index (χ2n) is 5.55. The molecule has 24 heavy (non-hydrogen) atoms. The molecule has 0 aliphatic rings. The fourth-order valence-electron chi connectivity index (χ4n) is 2.48. The monoisotopic (exact) mass is 326 g/mol. The number of methoxy groups -OCH3 is 1. The molecular weight excluding hydrogens is 304 g/mol. The third kappa shape index (κ3) is 4.59. The number of aryl methyl sites for hydroxylation is 3. The number of nitrogens with one attached hydrogen (secondary N) is 1. The average Bonchev–Trinajstić information content (AvgIpc) is 2.55.